The number of likely N-dealkylation sites (tertiary alicyclic amines) is 1. The summed E-state index contributed by atoms with van der Waals surface area (Å²) < 4.78 is 2.62. The summed E-state index contributed by atoms with van der Waals surface area (Å²) in [6, 6.07) is 4.59. The molecule has 1 N–H and O–H groups in total. The SMILES string of the molecule is Cc1cnc(CNC2CCN(CCn3c(=O)cnc4ncc(Br)cc43)CC2)cc1C. The van der Waals surface area contributed by atoms with Crippen molar-refractivity contribution < 1.29 is 0 Å². The lowest BCUT2D eigenvalue weighted by molar-refractivity contribution is 0.191. The van der Waals surface area contributed by atoms with E-state index >= 15 is 0 Å². The van der Waals surface area contributed by atoms with Gasteiger partial charge >= 0.3 is 0 Å². The van der Waals surface area contributed by atoms with Gasteiger partial charge in [0.25, 0.3) is 5.56 Å². The highest BCUT2D eigenvalue weighted by molar-refractivity contribution is 9.10. The minimum absolute atomic E-state index is 0.0835. The lowest BCUT2D eigenvalue weighted by Crippen LogP contribution is -2.43. The molecule has 3 aromatic rings. The van der Waals surface area contributed by atoms with Crippen molar-refractivity contribution in [2.75, 3.05) is 19.6 Å². The van der Waals surface area contributed by atoms with Crippen molar-refractivity contribution in [1.29, 1.82) is 0 Å². The molecule has 1 aliphatic rings. The van der Waals surface area contributed by atoms with Gasteiger partial charge in [-0.05, 0) is 79.0 Å². The molecule has 0 bridgehead atoms. The summed E-state index contributed by atoms with van der Waals surface area (Å²) >= 11 is 3.44. The molecule has 1 fully saturated rings. The van der Waals surface area contributed by atoms with Gasteiger partial charge in [0.1, 0.15) is 0 Å². The quantitative estimate of drug-likeness (QED) is 0.596. The van der Waals surface area contributed by atoms with E-state index in [4.69, 9.17) is 0 Å². The van der Waals surface area contributed by atoms with Gasteiger partial charge in [0.2, 0.25) is 0 Å². The predicted octanol–water partition coefficient (Wildman–Crippen LogP) is 2.82. The maximum atomic E-state index is 12.4. The van der Waals surface area contributed by atoms with Crippen molar-refractivity contribution in [2.45, 2.75) is 45.8 Å². The molecule has 4 rings (SSSR count). The largest absolute Gasteiger partial charge is 0.308 e. The van der Waals surface area contributed by atoms with Crippen molar-refractivity contribution in [2.24, 2.45) is 0 Å². The average molecular weight is 471 g/mol. The van der Waals surface area contributed by atoms with E-state index in [0.29, 0.717) is 18.2 Å². The van der Waals surface area contributed by atoms with Gasteiger partial charge in [-0.3, -0.25) is 9.78 Å². The third kappa shape index (κ3) is 4.94. The monoisotopic (exact) mass is 470 g/mol. The highest BCUT2D eigenvalue weighted by atomic mass is 79.9. The van der Waals surface area contributed by atoms with E-state index in [0.717, 1.165) is 54.7 Å². The fraction of sp³-hybridized carbons (Fsp3) is 0.455. The van der Waals surface area contributed by atoms with Gasteiger partial charge in [-0.15, -0.1) is 0 Å². The Hall–Kier alpha value is -2.16. The molecule has 0 spiro atoms. The van der Waals surface area contributed by atoms with E-state index in [1.807, 2.05) is 12.3 Å². The van der Waals surface area contributed by atoms with E-state index in [2.05, 4.69) is 61.0 Å². The van der Waals surface area contributed by atoms with Crippen LogP contribution in [-0.2, 0) is 13.1 Å². The van der Waals surface area contributed by atoms with Gasteiger partial charge in [-0.2, -0.15) is 0 Å². The Kier molecular flexibility index (Phi) is 6.55. The van der Waals surface area contributed by atoms with Gasteiger partial charge < -0.3 is 14.8 Å². The number of hydrogen-bond donors (Lipinski definition) is 1. The van der Waals surface area contributed by atoms with Gasteiger partial charge in [-0.25, -0.2) is 9.97 Å². The Labute approximate surface area is 184 Å². The molecule has 4 heterocycles. The first-order valence-corrected chi connectivity index (χ1v) is 11.2. The van der Waals surface area contributed by atoms with E-state index in [1.165, 1.54) is 17.3 Å². The fourth-order valence-electron chi connectivity index (χ4n) is 3.89. The Morgan fingerprint density at radius 3 is 2.57 bits per heavy atom. The lowest BCUT2D eigenvalue weighted by Gasteiger charge is -2.32. The van der Waals surface area contributed by atoms with Crippen LogP contribution in [-0.4, -0.2) is 50.1 Å². The molecule has 1 aliphatic heterocycles. The number of aryl methyl sites for hydroxylation is 2. The molecule has 0 amide bonds. The van der Waals surface area contributed by atoms with Crippen LogP contribution in [0.4, 0.5) is 0 Å². The number of halogens is 1. The summed E-state index contributed by atoms with van der Waals surface area (Å²) in [6.45, 7) is 8.57. The highest BCUT2D eigenvalue weighted by Crippen LogP contribution is 2.15. The molecule has 0 radical (unpaired) electrons. The molecule has 0 atom stereocenters. The number of aromatic nitrogens is 4. The molecule has 30 heavy (non-hydrogen) atoms. The van der Waals surface area contributed by atoms with Crippen molar-refractivity contribution in [3.8, 4) is 0 Å². The Morgan fingerprint density at radius 2 is 1.80 bits per heavy atom. The first kappa shape index (κ1) is 21.1. The molecule has 0 aliphatic carbocycles. The second-order valence-corrected chi connectivity index (χ2v) is 8.92. The smallest absolute Gasteiger partial charge is 0.269 e. The van der Waals surface area contributed by atoms with Crippen LogP contribution >= 0.6 is 15.9 Å². The fourth-order valence-corrected chi connectivity index (χ4v) is 4.20. The second kappa shape index (κ2) is 9.32. The van der Waals surface area contributed by atoms with E-state index in [1.54, 1.807) is 10.8 Å². The molecular formula is C22H27BrN6O. The van der Waals surface area contributed by atoms with Gasteiger partial charge in [0.15, 0.2) is 5.65 Å². The van der Waals surface area contributed by atoms with E-state index in [-0.39, 0.29) is 5.56 Å². The molecule has 0 unspecified atom stereocenters. The summed E-state index contributed by atoms with van der Waals surface area (Å²) in [4.78, 5) is 27.8. The summed E-state index contributed by atoms with van der Waals surface area (Å²) in [5, 5.41) is 3.65. The number of nitrogens with zero attached hydrogens (tertiary/aromatic N) is 5. The van der Waals surface area contributed by atoms with Gasteiger partial charge in [-0.1, -0.05) is 0 Å². The van der Waals surface area contributed by atoms with Crippen LogP contribution in [0, 0.1) is 13.8 Å². The zero-order chi connectivity index (χ0) is 21.1. The number of rotatable bonds is 6. The van der Waals surface area contributed by atoms with Crippen LogP contribution < -0.4 is 10.9 Å². The third-order valence-electron chi connectivity index (χ3n) is 5.90. The zero-order valence-corrected chi connectivity index (χ0v) is 19.0. The zero-order valence-electron chi connectivity index (χ0n) is 17.4. The van der Waals surface area contributed by atoms with Crippen molar-refractivity contribution in [3.05, 3.63) is 62.4 Å². The van der Waals surface area contributed by atoms with Gasteiger partial charge in [0, 0.05) is 42.5 Å². The molecule has 3 aromatic heterocycles. The Morgan fingerprint density at radius 1 is 1.03 bits per heavy atom. The standard InChI is InChI=1S/C22H27BrN6O/c1-15-9-19(24-11-16(15)2)13-25-18-3-5-28(6-4-18)7-8-29-20-10-17(23)12-26-22(20)27-14-21(29)30/h9-12,14,18,25H,3-8,13H2,1-2H3. The maximum absolute atomic E-state index is 12.4. The normalized spacial score (nSPS) is 15.7. The topological polar surface area (TPSA) is 75.9 Å². The molecule has 7 nitrogen and oxygen atoms in total. The molecule has 8 heteroatoms. The van der Waals surface area contributed by atoms with E-state index < -0.39 is 0 Å². The average Bonchev–Trinajstić information content (AvgIpc) is 2.74. The molecular weight excluding hydrogens is 444 g/mol. The summed E-state index contributed by atoms with van der Waals surface area (Å²) in [5.41, 5.74) is 4.91. The van der Waals surface area contributed by atoms with E-state index in [9.17, 15) is 4.79 Å². The van der Waals surface area contributed by atoms with Crippen molar-refractivity contribution >= 4 is 27.1 Å². The minimum atomic E-state index is -0.0835. The molecule has 158 valence electrons. The summed E-state index contributed by atoms with van der Waals surface area (Å²) in [5.74, 6) is 0. The van der Waals surface area contributed by atoms with Crippen LogP contribution in [0.25, 0.3) is 11.2 Å². The number of nitrogens with one attached hydrogen (secondary N) is 1. The first-order chi connectivity index (χ1) is 14.5. The highest BCUT2D eigenvalue weighted by Gasteiger charge is 2.19. The number of fused-ring (bicyclic) bond motifs is 1. The number of piperidine rings is 1. The molecule has 0 aromatic carbocycles. The summed E-state index contributed by atoms with van der Waals surface area (Å²) in [6.07, 6.45) is 7.22. The first-order valence-electron chi connectivity index (χ1n) is 10.4. The third-order valence-corrected chi connectivity index (χ3v) is 6.33. The molecule has 1 saturated heterocycles. The lowest BCUT2D eigenvalue weighted by atomic mass is 10.0. The maximum Gasteiger partial charge on any atom is 0.269 e. The Bertz CT molecular complexity index is 1090. The number of hydrogen-bond acceptors (Lipinski definition) is 6. The van der Waals surface area contributed by atoms with Crippen LogP contribution in [0.2, 0.25) is 0 Å². The van der Waals surface area contributed by atoms with Crippen LogP contribution in [0.1, 0.15) is 29.7 Å². The van der Waals surface area contributed by atoms with Crippen molar-refractivity contribution in [3.63, 3.8) is 0 Å². The van der Waals surface area contributed by atoms with Crippen LogP contribution in [0.5, 0.6) is 0 Å². The Balaban J connectivity index is 1.30. The second-order valence-electron chi connectivity index (χ2n) is 8.00. The molecule has 0 saturated carbocycles. The van der Waals surface area contributed by atoms with Crippen LogP contribution in [0.15, 0.2) is 40.0 Å². The predicted molar refractivity (Wildman–Crippen MR) is 122 cm³/mol. The summed E-state index contributed by atoms with van der Waals surface area (Å²) in [7, 11) is 0. The number of pyridine rings is 2. The minimum Gasteiger partial charge on any atom is -0.308 e. The van der Waals surface area contributed by atoms with Crippen LogP contribution in [0.3, 0.4) is 0 Å². The van der Waals surface area contributed by atoms with Crippen molar-refractivity contribution in [1.82, 2.24) is 29.7 Å². The van der Waals surface area contributed by atoms with Gasteiger partial charge in [0.05, 0.1) is 17.4 Å².